The van der Waals surface area contributed by atoms with Crippen molar-refractivity contribution in [3.63, 3.8) is 0 Å². The van der Waals surface area contributed by atoms with E-state index in [1.165, 1.54) is 61.2 Å². The highest BCUT2D eigenvalue weighted by Crippen LogP contribution is 2.65. The third-order valence-corrected chi connectivity index (χ3v) is 12.4. The van der Waals surface area contributed by atoms with Gasteiger partial charge in [-0.1, -0.05) is 133 Å². The van der Waals surface area contributed by atoms with Gasteiger partial charge in [0.1, 0.15) is 5.75 Å². The van der Waals surface area contributed by atoms with E-state index in [1.54, 1.807) is 0 Å². The normalized spacial score (nSPS) is 24.8. The van der Waals surface area contributed by atoms with Crippen molar-refractivity contribution in [1.82, 2.24) is 0 Å². The lowest BCUT2D eigenvalue weighted by Crippen LogP contribution is -2.39. The molecule has 4 aliphatic rings. The van der Waals surface area contributed by atoms with Crippen molar-refractivity contribution in [2.24, 2.45) is 0 Å². The van der Waals surface area contributed by atoms with E-state index in [4.69, 9.17) is 0 Å². The molecule has 1 heteroatoms. The van der Waals surface area contributed by atoms with Crippen LogP contribution < -0.4 is 0 Å². The van der Waals surface area contributed by atoms with Gasteiger partial charge in [0.15, 0.2) is 0 Å². The van der Waals surface area contributed by atoms with Gasteiger partial charge in [0, 0.05) is 16.9 Å². The summed E-state index contributed by atoms with van der Waals surface area (Å²) in [6.45, 7) is 0. The van der Waals surface area contributed by atoms with E-state index in [9.17, 15) is 5.11 Å². The van der Waals surface area contributed by atoms with Crippen LogP contribution in [-0.2, 0) is 5.41 Å². The molecule has 1 N–H and O–H groups in total. The lowest BCUT2D eigenvalue weighted by molar-refractivity contribution is 0.273. The fraction of sp³-hybridized carbons (Fsp3) is 0.217. The third-order valence-electron chi connectivity index (χ3n) is 12.4. The third kappa shape index (κ3) is 3.89. The van der Waals surface area contributed by atoms with Gasteiger partial charge in [-0.25, -0.2) is 0 Å². The van der Waals surface area contributed by atoms with Gasteiger partial charge in [-0.15, -0.1) is 0 Å². The van der Waals surface area contributed by atoms with E-state index < -0.39 is 0 Å². The fourth-order valence-corrected chi connectivity index (χ4v) is 10.7. The minimum Gasteiger partial charge on any atom is -0.508 e. The van der Waals surface area contributed by atoms with Crippen molar-refractivity contribution in [3.8, 4) is 39.1 Å². The van der Waals surface area contributed by atoms with Crippen LogP contribution in [0.5, 0.6) is 5.75 Å². The average Bonchev–Trinajstić information content (AvgIpc) is 3.17. The Hall–Kier alpha value is -4.88. The highest BCUT2D eigenvalue weighted by atomic mass is 16.3. The molecule has 5 atom stereocenters. The fourth-order valence-electron chi connectivity index (χ4n) is 10.7. The number of hydrogen-bond acceptors (Lipinski definition) is 1. The SMILES string of the molecule is Oc1cccc2c1C1c3ccccc3-c3ccccc3C3CC(CCC4CC1(C3)c1ccccc1-c1ccccc14)c1ccccc1-2. The van der Waals surface area contributed by atoms with Gasteiger partial charge in [-0.05, 0) is 117 Å². The second-order valence-electron chi connectivity index (χ2n) is 14.5. The standard InChI is InChI=1S/C46H38O/c47-43-23-11-21-40-37-17-6-1-12-32(37)29-24-25-30-27-46(42-22-10-9-19-39(42)36-16-5-2-13-33(30)36)28-31(26-29)34-14-3-4-15-35(34)38-18-7-8-20-41(38)45(46)44(40)43/h1-23,29-31,45,47H,24-28H2. The highest BCUT2D eigenvalue weighted by molar-refractivity contribution is 5.82. The lowest BCUT2D eigenvalue weighted by Gasteiger charge is -2.49. The summed E-state index contributed by atoms with van der Waals surface area (Å²) in [5, 5.41) is 12.3. The highest BCUT2D eigenvalue weighted by Gasteiger charge is 2.52. The zero-order valence-electron chi connectivity index (χ0n) is 26.6. The van der Waals surface area contributed by atoms with E-state index in [0.717, 1.165) is 37.7 Å². The van der Waals surface area contributed by atoms with E-state index in [2.05, 4.69) is 133 Å². The topological polar surface area (TPSA) is 20.2 Å². The molecule has 0 radical (unpaired) electrons. The summed E-state index contributed by atoms with van der Waals surface area (Å²) in [7, 11) is 0. The summed E-state index contributed by atoms with van der Waals surface area (Å²) in [4.78, 5) is 0. The minimum absolute atomic E-state index is 0.0496. The number of fused-ring (bicyclic) bond motifs is 15. The molecule has 1 fully saturated rings. The molecule has 0 amide bonds. The van der Waals surface area contributed by atoms with Gasteiger partial charge in [-0.2, -0.15) is 0 Å². The van der Waals surface area contributed by atoms with Crippen molar-refractivity contribution < 1.29 is 5.11 Å². The first-order chi connectivity index (χ1) is 23.2. The maximum Gasteiger partial charge on any atom is 0.120 e. The molecule has 0 aromatic heterocycles. The summed E-state index contributed by atoms with van der Waals surface area (Å²) >= 11 is 0. The van der Waals surface area contributed by atoms with Gasteiger partial charge in [-0.3, -0.25) is 0 Å². The summed E-state index contributed by atoms with van der Waals surface area (Å²) in [5.74, 6) is 1.54. The number of rotatable bonds is 0. The number of benzene rings is 6. The van der Waals surface area contributed by atoms with Crippen LogP contribution in [0.4, 0.5) is 0 Å². The quantitative estimate of drug-likeness (QED) is 0.182. The molecule has 5 bridgehead atoms. The number of hydrogen-bond donors (Lipinski definition) is 1. The van der Waals surface area contributed by atoms with Crippen LogP contribution in [0.2, 0.25) is 0 Å². The molecule has 0 heterocycles. The van der Waals surface area contributed by atoms with Gasteiger partial charge in [0.25, 0.3) is 0 Å². The summed E-state index contributed by atoms with van der Waals surface area (Å²) in [5.41, 5.74) is 15.9. The first-order valence-corrected chi connectivity index (χ1v) is 17.5. The number of phenolic OH excluding ortho intramolecular Hbond substituents is 1. The Kier molecular flexibility index (Phi) is 5.98. The van der Waals surface area contributed by atoms with Gasteiger partial charge in [0.05, 0.1) is 0 Å². The summed E-state index contributed by atoms with van der Waals surface area (Å²) < 4.78 is 0. The van der Waals surface area contributed by atoms with Crippen LogP contribution in [0, 0.1) is 0 Å². The Balaban J connectivity index is 1.45. The molecular weight excluding hydrogens is 569 g/mol. The van der Waals surface area contributed by atoms with Crippen molar-refractivity contribution in [2.75, 3.05) is 0 Å². The molecule has 1 spiro atoms. The van der Waals surface area contributed by atoms with Crippen molar-refractivity contribution in [3.05, 3.63) is 173 Å². The largest absolute Gasteiger partial charge is 0.508 e. The minimum atomic E-state index is -0.261. The zero-order valence-corrected chi connectivity index (χ0v) is 26.6. The molecule has 6 aromatic rings. The van der Waals surface area contributed by atoms with E-state index in [-0.39, 0.29) is 11.3 Å². The number of aromatic hydroxyl groups is 1. The van der Waals surface area contributed by atoms with Gasteiger partial charge in [0.2, 0.25) is 0 Å². The van der Waals surface area contributed by atoms with Crippen LogP contribution in [0.3, 0.4) is 0 Å². The lowest BCUT2D eigenvalue weighted by atomic mass is 9.54. The Labute approximate surface area is 277 Å². The second-order valence-corrected chi connectivity index (χ2v) is 14.5. The smallest absolute Gasteiger partial charge is 0.120 e. The molecule has 6 aromatic carbocycles. The van der Waals surface area contributed by atoms with Crippen molar-refractivity contribution in [1.29, 1.82) is 0 Å². The van der Waals surface area contributed by atoms with Crippen LogP contribution >= 0.6 is 0 Å². The van der Waals surface area contributed by atoms with Crippen LogP contribution in [0.15, 0.2) is 140 Å². The van der Waals surface area contributed by atoms with E-state index in [0.29, 0.717) is 23.5 Å². The molecule has 1 saturated carbocycles. The first kappa shape index (κ1) is 27.3. The van der Waals surface area contributed by atoms with E-state index in [1.807, 2.05) is 6.07 Å². The monoisotopic (exact) mass is 606 g/mol. The zero-order chi connectivity index (χ0) is 31.1. The first-order valence-electron chi connectivity index (χ1n) is 17.5. The molecule has 4 aliphatic carbocycles. The predicted molar refractivity (Wildman–Crippen MR) is 192 cm³/mol. The van der Waals surface area contributed by atoms with Crippen LogP contribution in [0.1, 0.15) is 89.2 Å². The van der Waals surface area contributed by atoms with E-state index >= 15 is 0 Å². The molecule has 1 nitrogen and oxygen atoms in total. The maximum atomic E-state index is 12.3. The Morgan fingerprint density at radius 1 is 0.426 bits per heavy atom. The predicted octanol–water partition coefficient (Wildman–Crippen LogP) is 11.7. The molecular formula is C46H38O. The van der Waals surface area contributed by atoms with Gasteiger partial charge < -0.3 is 5.11 Å². The molecule has 5 unspecified atom stereocenters. The molecule has 228 valence electrons. The molecule has 47 heavy (non-hydrogen) atoms. The van der Waals surface area contributed by atoms with Crippen molar-refractivity contribution >= 4 is 0 Å². The van der Waals surface area contributed by atoms with Crippen LogP contribution in [0.25, 0.3) is 33.4 Å². The second kappa shape index (κ2) is 10.3. The summed E-state index contributed by atoms with van der Waals surface area (Å²) in [6.07, 6.45) is 5.51. The summed E-state index contributed by atoms with van der Waals surface area (Å²) in [6, 6.07) is 52.5. The number of phenols is 1. The van der Waals surface area contributed by atoms with Crippen molar-refractivity contribution in [2.45, 2.75) is 61.2 Å². The molecule has 10 rings (SSSR count). The maximum absolute atomic E-state index is 12.3. The molecule has 0 aliphatic heterocycles. The van der Waals surface area contributed by atoms with Gasteiger partial charge >= 0.3 is 0 Å². The Morgan fingerprint density at radius 2 is 0.894 bits per heavy atom. The van der Waals surface area contributed by atoms with Crippen LogP contribution in [-0.4, -0.2) is 5.11 Å². The molecule has 0 saturated heterocycles. The average molecular weight is 607 g/mol. The Bertz CT molecular complexity index is 2190. The Morgan fingerprint density at radius 3 is 1.62 bits per heavy atom.